The first-order chi connectivity index (χ1) is 16.0. The van der Waals surface area contributed by atoms with Crippen LogP contribution in [0.25, 0.3) is 20.9 Å². The number of rotatable bonds is 6. The Morgan fingerprint density at radius 2 is 1.67 bits per heavy atom. The van der Waals surface area contributed by atoms with E-state index in [1.54, 1.807) is 36.4 Å². The van der Waals surface area contributed by atoms with Crippen LogP contribution >= 0.6 is 22.7 Å². The molecule has 5 rings (SSSR count). The molecule has 0 aliphatic carbocycles. The van der Waals surface area contributed by atoms with Gasteiger partial charge in [-0.25, -0.2) is 18.4 Å². The summed E-state index contributed by atoms with van der Waals surface area (Å²) >= 11 is 2.84. The number of sulfonamides is 1. The molecule has 0 saturated carbocycles. The molecule has 33 heavy (non-hydrogen) atoms. The van der Waals surface area contributed by atoms with E-state index in [4.69, 9.17) is 0 Å². The molecule has 0 aliphatic rings. The molecule has 0 fully saturated rings. The Morgan fingerprint density at radius 3 is 2.48 bits per heavy atom. The molecule has 0 spiro atoms. The van der Waals surface area contributed by atoms with E-state index in [-0.39, 0.29) is 10.8 Å². The van der Waals surface area contributed by atoms with Crippen molar-refractivity contribution in [1.29, 1.82) is 0 Å². The Labute approximate surface area is 197 Å². The number of nitrogens with zero attached hydrogens (tertiary/aromatic N) is 2. The highest BCUT2D eigenvalue weighted by atomic mass is 32.2. The molecule has 0 aliphatic heterocycles. The monoisotopic (exact) mass is 492 g/mol. The van der Waals surface area contributed by atoms with Crippen molar-refractivity contribution in [2.24, 2.45) is 0 Å². The molecule has 5 aromatic rings. The fourth-order valence-corrected chi connectivity index (χ4v) is 5.88. The molecule has 0 bridgehead atoms. The van der Waals surface area contributed by atoms with E-state index in [0.717, 1.165) is 15.2 Å². The number of benzene rings is 3. The summed E-state index contributed by atoms with van der Waals surface area (Å²) < 4.78 is 28.7. The van der Waals surface area contributed by atoms with Crippen molar-refractivity contribution in [3.63, 3.8) is 0 Å². The van der Waals surface area contributed by atoms with Crippen molar-refractivity contribution in [1.82, 2.24) is 9.97 Å². The minimum Gasteiger partial charge on any atom is -0.298 e. The number of hydrogen-bond acceptors (Lipinski definition) is 7. The van der Waals surface area contributed by atoms with Crippen LogP contribution in [-0.4, -0.2) is 24.3 Å². The standard InChI is InChI=1S/C23H16N4O3S3/c28-21(15-7-6-8-16(13-15)27-33(29,30)17-9-2-1-3-10-17)26-23-25-19(14-31-23)22-24-18-11-4-5-12-20(18)32-22/h1-14,27H,(H,25,26,28). The van der Waals surface area contributed by atoms with Crippen LogP contribution in [0.3, 0.4) is 0 Å². The van der Waals surface area contributed by atoms with Gasteiger partial charge in [-0.2, -0.15) is 0 Å². The summed E-state index contributed by atoms with van der Waals surface area (Å²) in [5.41, 5.74) is 2.20. The van der Waals surface area contributed by atoms with E-state index in [1.807, 2.05) is 29.6 Å². The summed E-state index contributed by atoms with van der Waals surface area (Å²) in [6.45, 7) is 0. The summed E-state index contributed by atoms with van der Waals surface area (Å²) in [5, 5.41) is 5.83. The quantitative estimate of drug-likeness (QED) is 0.327. The Bertz CT molecular complexity index is 1530. The number of aromatic nitrogens is 2. The third-order valence-electron chi connectivity index (χ3n) is 4.67. The lowest BCUT2D eigenvalue weighted by Crippen LogP contribution is -2.15. The predicted molar refractivity (Wildman–Crippen MR) is 132 cm³/mol. The maximum Gasteiger partial charge on any atom is 0.261 e. The first-order valence-electron chi connectivity index (χ1n) is 9.79. The highest BCUT2D eigenvalue weighted by Crippen LogP contribution is 2.32. The summed E-state index contributed by atoms with van der Waals surface area (Å²) in [4.78, 5) is 22.0. The van der Waals surface area contributed by atoms with E-state index in [1.165, 1.54) is 40.9 Å². The highest BCUT2D eigenvalue weighted by Gasteiger charge is 2.16. The van der Waals surface area contributed by atoms with E-state index >= 15 is 0 Å². The first-order valence-corrected chi connectivity index (χ1v) is 13.0. The van der Waals surface area contributed by atoms with Crippen molar-refractivity contribution in [2.45, 2.75) is 4.90 Å². The molecule has 2 N–H and O–H groups in total. The van der Waals surface area contributed by atoms with Gasteiger partial charge in [0.25, 0.3) is 15.9 Å². The van der Waals surface area contributed by atoms with Gasteiger partial charge in [-0.1, -0.05) is 36.4 Å². The van der Waals surface area contributed by atoms with E-state index in [9.17, 15) is 13.2 Å². The zero-order chi connectivity index (χ0) is 22.8. The van der Waals surface area contributed by atoms with Gasteiger partial charge in [0.1, 0.15) is 10.7 Å². The molecule has 1 amide bonds. The molecule has 0 unspecified atom stereocenters. The van der Waals surface area contributed by atoms with Crippen LogP contribution < -0.4 is 10.0 Å². The molecule has 3 aromatic carbocycles. The summed E-state index contributed by atoms with van der Waals surface area (Å²) in [6, 6.07) is 22.2. The second-order valence-electron chi connectivity index (χ2n) is 6.98. The Morgan fingerprint density at radius 1 is 0.879 bits per heavy atom. The van der Waals surface area contributed by atoms with Crippen LogP contribution in [-0.2, 0) is 10.0 Å². The van der Waals surface area contributed by atoms with Crippen molar-refractivity contribution >= 4 is 59.6 Å². The lowest BCUT2D eigenvalue weighted by molar-refractivity contribution is 0.102. The number of anilines is 2. The number of carbonyl (C=O) groups is 1. The van der Waals surface area contributed by atoms with Crippen molar-refractivity contribution in [2.75, 3.05) is 10.0 Å². The molecule has 10 heteroatoms. The zero-order valence-electron chi connectivity index (χ0n) is 16.9. The molecule has 2 heterocycles. The minimum atomic E-state index is -3.75. The summed E-state index contributed by atoms with van der Waals surface area (Å²) in [7, 11) is -3.75. The van der Waals surface area contributed by atoms with Gasteiger partial charge in [-0.05, 0) is 42.5 Å². The Balaban J connectivity index is 1.32. The number of nitrogens with one attached hydrogen (secondary N) is 2. The number of thiazole rings is 2. The number of para-hydroxylation sites is 1. The maximum atomic E-state index is 12.8. The molecule has 164 valence electrons. The van der Waals surface area contributed by atoms with Crippen LogP contribution in [0.15, 0.2) is 89.1 Å². The molecular weight excluding hydrogens is 476 g/mol. The van der Waals surface area contributed by atoms with Gasteiger partial charge in [-0.15, -0.1) is 22.7 Å². The number of amides is 1. The second kappa shape index (κ2) is 8.74. The minimum absolute atomic E-state index is 0.144. The molecule has 0 atom stereocenters. The van der Waals surface area contributed by atoms with Gasteiger partial charge >= 0.3 is 0 Å². The van der Waals surface area contributed by atoms with Crippen molar-refractivity contribution < 1.29 is 13.2 Å². The SMILES string of the molecule is O=C(Nc1nc(-c2nc3ccccc3s2)cs1)c1cccc(NS(=O)(=O)c2ccccc2)c1. The Hall–Kier alpha value is -3.60. The Kier molecular flexibility index (Phi) is 5.63. The van der Waals surface area contributed by atoms with Gasteiger partial charge in [0.15, 0.2) is 5.13 Å². The van der Waals surface area contributed by atoms with Gasteiger partial charge in [0.05, 0.1) is 15.1 Å². The molecule has 7 nitrogen and oxygen atoms in total. The van der Waals surface area contributed by atoms with Gasteiger partial charge in [0.2, 0.25) is 0 Å². The molecular formula is C23H16N4O3S3. The van der Waals surface area contributed by atoms with Crippen LogP contribution in [0, 0.1) is 0 Å². The molecule has 0 saturated heterocycles. The third kappa shape index (κ3) is 4.63. The molecule has 2 aromatic heterocycles. The van der Waals surface area contributed by atoms with E-state index < -0.39 is 10.0 Å². The fraction of sp³-hybridized carbons (Fsp3) is 0. The summed E-state index contributed by atoms with van der Waals surface area (Å²) in [5.74, 6) is -0.388. The van der Waals surface area contributed by atoms with E-state index in [0.29, 0.717) is 22.1 Å². The van der Waals surface area contributed by atoms with Crippen molar-refractivity contribution in [3.8, 4) is 10.7 Å². The lowest BCUT2D eigenvalue weighted by Gasteiger charge is -2.09. The lowest BCUT2D eigenvalue weighted by atomic mass is 10.2. The number of hydrogen-bond donors (Lipinski definition) is 2. The van der Waals surface area contributed by atoms with E-state index in [2.05, 4.69) is 20.0 Å². The largest absolute Gasteiger partial charge is 0.298 e. The highest BCUT2D eigenvalue weighted by molar-refractivity contribution is 7.92. The average Bonchev–Trinajstić information content (AvgIpc) is 3.46. The van der Waals surface area contributed by atoms with Crippen LogP contribution in [0.1, 0.15) is 10.4 Å². The van der Waals surface area contributed by atoms with Crippen LogP contribution in [0.2, 0.25) is 0 Å². The van der Waals surface area contributed by atoms with Crippen molar-refractivity contribution in [3.05, 3.63) is 89.8 Å². The fourth-order valence-electron chi connectivity index (χ4n) is 3.12. The van der Waals surface area contributed by atoms with Gasteiger partial charge < -0.3 is 0 Å². The average molecular weight is 493 g/mol. The smallest absolute Gasteiger partial charge is 0.261 e. The van der Waals surface area contributed by atoms with Gasteiger partial charge in [0, 0.05) is 16.6 Å². The summed E-state index contributed by atoms with van der Waals surface area (Å²) in [6.07, 6.45) is 0. The number of fused-ring (bicyclic) bond motifs is 1. The van der Waals surface area contributed by atoms with Gasteiger partial charge in [-0.3, -0.25) is 14.8 Å². The zero-order valence-corrected chi connectivity index (χ0v) is 19.4. The van der Waals surface area contributed by atoms with Crippen LogP contribution in [0.4, 0.5) is 10.8 Å². The molecule has 0 radical (unpaired) electrons. The predicted octanol–water partition coefficient (Wildman–Crippen LogP) is 5.47. The normalized spacial score (nSPS) is 11.4. The second-order valence-corrected chi connectivity index (χ2v) is 10.5. The van der Waals surface area contributed by atoms with Crippen LogP contribution in [0.5, 0.6) is 0 Å². The third-order valence-corrected chi connectivity index (χ3v) is 7.88. The first kappa shape index (κ1) is 21.3. The maximum absolute atomic E-state index is 12.8. The number of carbonyl (C=O) groups excluding carboxylic acids is 1. The topological polar surface area (TPSA) is 101 Å².